The summed E-state index contributed by atoms with van der Waals surface area (Å²) in [6.07, 6.45) is 0. The smallest absolute Gasteiger partial charge is 0.000765 e. The Kier molecular flexibility index (Phi) is 4.89. The van der Waals surface area contributed by atoms with Crippen LogP contribution in [-0.4, -0.2) is 0 Å². The van der Waals surface area contributed by atoms with Gasteiger partial charge in [0, 0.05) is 0 Å². The molecule has 0 heterocycles. The van der Waals surface area contributed by atoms with Gasteiger partial charge in [-0.15, -0.1) is 0 Å². The fourth-order valence-corrected chi connectivity index (χ4v) is 5.73. The Morgan fingerprint density at radius 3 is 1.22 bits per heavy atom. The van der Waals surface area contributed by atoms with Gasteiger partial charge in [0.2, 0.25) is 0 Å². The van der Waals surface area contributed by atoms with Crippen LogP contribution >= 0.6 is 0 Å². The fraction of sp³-hybridized carbons (Fsp3) is 0. The second-order valence-corrected chi connectivity index (χ2v) is 9.29. The molecule has 36 heavy (non-hydrogen) atoms. The van der Waals surface area contributed by atoms with Gasteiger partial charge in [0.05, 0.1) is 0 Å². The molecular formula is C36H24. The number of hydrogen-bond acceptors (Lipinski definition) is 0. The molecule has 168 valence electrons. The molecule has 0 saturated heterocycles. The third-order valence-corrected chi connectivity index (χ3v) is 7.22. The molecule has 7 aromatic carbocycles. The SMILES string of the molecule is c1ccc(-c2c3ccccc3c(-c3ccccc3)c3c(-c4ccccc4)c4ccccc4cc23)cc1. The van der Waals surface area contributed by atoms with Crippen molar-refractivity contribution in [2.45, 2.75) is 0 Å². The maximum absolute atomic E-state index is 2.40. The lowest BCUT2D eigenvalue weighted by Crippen LogP contribution is -1.94. The lowest BCUT2D eigenvalue weighted by Gasteiger charge is -2.22. The second kappa shape index (κ2) is 8.52. The van der Waals surface area contributed by atoms with Gasteiger partial charge in [-0.2, -0.15) is 0 Å². The lowest BCUT2D eigenvalue weighted by molar-refractivity contribution is 1.64. The average molecular weight is 457 g/mol. The van der Waals surface area contributed by atoms with E-state index in [0.29, 0.717) is 0 Å². The Balaban J connectivity index is 1.83. The third kappa shape index (κ3) is 3.23. The molecule has 0 nitrogen and oxygen atoms in total. The van der Waals surface area contributed by atoms with Crippen molar-refractivity contribution in [2.75, 3.05) is 0 Å². The molecule has 0 spiro atoms. The molecule has 0 aliphatic heterocycles. The van der Waals surface area contributed by atoms with E-state index in [4.69, 9.17) is 0 Å². The predicted molar refractivity (Wildman–Crippen MR) is 155 cm³/mol. The molecule has 0 amide bonds. The molecule has 0 fully saturated rings. The van der Waals surface area contributed by atoms with Gasteiger partial charge in [-0.1, -0.05) is 140 Å². The van der Waals surface area contributed by atoms with E-state index in [1.807, 2.05) is 0 Å². The van der Waals surface area contributed by atoms with Crippen molar-refractivity contribution in [3.8, 4) is 33.4 Å². The minimum atomic E-state index is 1.24. The molecule has 0 radical (unpaired) electrons. The predicted octanol–water partition coefficient (Wildman–Crippen LogP) is 10.1. The average Bonchev–Trinajstić information content (AvgIpc) is 2.96. The minimum Gasteiger partial charge on any atom is -0.0622 e. The summed E-state index contributed by atoms with van der Waals surface area (Å²) in [5.41, 5.74) is 7.61. The highest BCUT2D eigenvalue weighted by molar-refractivity contribution is 6.28. The monoisotopic (exact) mass is 456 g/mol. The number of fused-ring (bicyclic) bond motifs is 3. The van der Waals surface area contributed by atoms with Crippen molar-refractivity contribution in [1.29, 1.82) is 0 Å². The van der Waals surface area contributed by atoms with E-state index in [2.05, 4.69) is 146 Å². The maximum atomic E-state index is 2.40. The second-order valence-electron chi connectivity index (χ2n) is 9.29. The van der Waals surface area contributed by atoms with Crippen LogP contribution in [0.15, 0.2) is 146 Å². The first-order chi connectivity index (χ1) is 17.9. The Hall–Kier alpha value is -4.68. The van der Waals surface area contributed by atoms with Crippen molar-refractivity contribution in [2.24, 2.45) is 0 Å². The summed E-state index contributed by atoms with van der Waals surface area (Å²) in [6.45, 7) is 0. The molecule has 0 aliphatic rings. The van der Waals surface area contributed by atoms with Crippen molar-refractivity contribution in [1.82, 2.24) is 0 Å². The van der Waals surface area contributed by atoms with Crippen LogP contribution in [0, 0.1) is 0 Å². The molecule has 7 rings (SSSR count). The van der Waals surface area contributed by atoms with Crippen molar-refractivity contribution in [3.63, 3.8) is 0 Å². The molecular weight excluding hydrogens is 432 g/mol. The van der Waals surface area contributed by atoms with Crippen molar-refractivity contribution in [3.05, 3.63) is 146 Å². The first-order valence-electron chi connectivity index (χ1n) is 12.5. The van der Waals surface area contributed by atoms with Crippen molar-refractivity contribution >= 4 is 32.3 Å². The summed E-state index contributed by atoms with van der Waals surface area (Å²) in [7, 11) is 0. The molecule has 0 aliphatic carbocycles. The molecule has 0 bridgehead atoms. The largest absolute Gasteiger partial charge is 0.0622 e. The van der Waals surface area contributed by atoms with E-state index in [-0.39, 0.29) is 0 Å². The molecule has 0 unspecified atom stereocenters. The van der Waals surface area contributed by atoms with Crippen molar-refractivity contribution < 1.29 is 0 Å². The first kappa shape index (κ1) is 20.7. The Morgan fingerprint density at radius 2 is 0.667 bits per heavy atom. The number of hydrogen-bond donors (Lipinski definition) is 0. The van der Waals surface area contributed by atoms with Crippen LogP contribution in [-0.2, 0) is 0 Å². The molecule has 0 atom stereocenters. The number of benzene rings is 7. The highest BCUT2D eigenvalue weighted by Crippen LogP contribution is 2.49. The summed E-state index contributed by atoms with van der Waals surface area (Å²) in [4.78, 5) is 0. The molecule has 0 aromatic heterocycles. The summed E-state index contributed by atoms with van der Waals surface area (Å²) in [5.74, 6) is 0. The van der Waals surface area contributed by atoms with Gasteiger partial charge in [0.15, 0.2) is 0 Å². The van der Waals surface area contributed by atoms with Gasteiger partial charge in [0.1, 0.15) is 0 Å². The van der Waals surface area contributed by atoms with Gasteiger partial charge >= 0.3 is 0 Å². The lowest BCUT2D eigenvalue weighted by atomic mass is 9.81. The van der Waals surface area contributed by atoms with E-state index in [1.165, 1.54) is 65.7 Å². The third-order valence-electron chi connectivity index (χ3n) is 7.22. The van der Waals surface area contributed by atoms with Gasteiger partial charge in [-0.3, -0.25) is 0 Å². The van der Waals surface area contributed by atoms with E-state index in [0.717, 1.165) is 0 Å². The first-order valence-corrected chi connectivity index (χ1v) is 12.5. The highest BCUT2D eigenvalue weighted by Gasteiger charge is 2.21. The summed E-state index contributed by atoms with van der Waals surface area (Å²) in [6, 6.07) is 52.7. The summed E-state index contributed by atoms with van der Waals surface area (Å²) < 4.78 is 0. The Labute approximate surface area is 211 Å². The summed E-state index contributed by atoms with van der Waals surface area (Å²) in [5, 5.41) is 7.70. The van der Waals surface area contributed by atoms with E-state index < -0.39 is 0 Å². The normalized spacial score (nSPS) is 11.3. The van der Waals surface area contributed by atoms with E-state index in [1.54, 1.807) is 0 Å². The van der Waals surface area contributed by atoms with Crippen LogP contribution in [0.3, 0.4) is 0 Å². The van der Waals surface area contributed by atoms with Gasteiger partial charge in [-0.25, -0.2) is 0 Å². The van der Waals surface area contributed by atoms with Gasteiger partial charge in [0.25, 0.3) is 0 Å². The van der Waals surface area contributed by atoms with Crippen LogP contribution < -0.4 is 0 Å². The molecule has 7 aromatic rings. The standard InChI is InChI=1S/C36H24/c1-4-14-25(15-5-1)33-30-22-12-13-23-31(30)35(27-18-8-3-9-19-27)36-32(33)24-28-20-10-11-21-29(28)34(36)26-16-6-2-7-17-26/h1-24H. The fourth-order valence-electron chi connectivity index (χ4n) is 5.73. The van der Waals surface area contributed by atoms with Gasteiger partial charge < -0.3 is 0 Å². The zero-order chi connectivity index (χ0) is 23.9. The van der Waals surface area contributed by atoms with Crippen LogP contribution in [0.2, 0.25) is 0 Å². The topological polar surface area (TPSA) is 0 Å². The van der Waals surface area contributed by atoms with Crippen LogP contribution in [0.25, 0.3) is 65.7 Å². The van der Waals surface area contributed by atoms with E-state index >= 15 is 0 Å². The van der Waals surface area contributed by atoms with E-state index in [9.17, 15) is 0 Å². The zero-order valence-corrected chi connectivity index (χ0v) is 19.9. The van der Waals surface area contributed by atoms with Crippen LogP contribution in [0.4, 0.5) is 0 Å². The Morgan fingerprint density at radius 1 is 0.278 bits per heavy atom. The van der Waals surface area contributed by atoms with Crippen LogP contribution in [0.5, 0.6) is 0 Å². The molecule has 0 N–H and O–H groups in total. The molecule has 0 heteroatoms. The minimum absolute atomic E-state index is 1.24. The summed E-state index contributed by atoms with van der Waals surface area (Å²) >= 11 is 0. The quantitative estimate of drug-likeness (QED) is 0.232. The highest BCUT2D eigenvalue weighted by atomic mass is 14.2. The zero-order valence-electron chi connectivity index (χ0n) is 19.9. The molecule has 0 saturated carbocycles. The van der Waals surface area contributed by atoms with Gasteiger partial charge in [-0.05, 0) is 71.8 Å². The Bertz CT molecular complexity index is 1800. The maximum Gasteiger partial charge on any atom is -0.000765 e. The number of rotatable bonds is 3. The van der Waals surface area contributed by atoms with Crippen LogP contribution in [0.1, 0.15) is 0 Å².